The van der Waals surface area contributed by atoms with Gasteiger partial charge in [0.2, 0.25) is 0 Å². The summed E-state index contributed by atoms with van der Waals surface area (Å²) in [5, 5.41) is 4.52. The topological polar surface area (TPSA) is 43.8 Å². The monoisotopic (exact) mass is 333 g/mol. The van der Waals surface area contributed by atoms with Gasteiger partial charge in [0.15, 0.2) is 0 Å². The van der Waals surface area contributed by atoms with Crippen molar-refractivity contribution in [3.63, 3.8) is 0 Å². The van der Waals surface area contributed by atoms with E-state index in [1.807, 2.05) is 11.6 Å². The molecule has 0 radical (unpaired) electrons. The lowest BCUT2D eigenvalue weighted by atomic mass is 10.0. The van der Waals surface area contributed by atoms with Gasteiger partial charge in [-0.1, -0.05) is 25.7 Å². The Morgan fingerprint density at radius 3 is 2.44 bits per heavy atom. The second kappa shape index (κ2) is 5.38. The highest BCUT2D eigenvalue weighted by Gasteiger charge is 2.16. The van der Waals surface area contributed by atoms with E-state index in [4.69, 9.17) is 5.73 Å². The van der Waals surface area contributed by atoms with E-state index in [1.54, 1.807) is 0 Å². The number of halogens is 1. The van der Waals surface area contributed by atoms with Crippen LogP contribution < -0.4 is 5.73 Å². The zero-order valence-electron chi connectivity index (χ0n) is 9.88. The molecule has 1 aromatic heterocycles. The molecule has 0 spiro atoms. The van der Waals surface area contributed by atoms with E-state index in [0.29, 0.717) is 0 Å². The number of aryl methyl sites for hydroxylation is 1. The van der Waals surface area contributed by atoms with E-state index in [1.165, 1.54) is 38.5 Å². The number of rotatable bonds is 2. The third-order valence-corrected chi connectivity index (χ3v) is 4.83. The van der Waals surface area contributed by atoms with Crippen molar-refractivity contribution in [1.29, 1.82) is 0 Å². The number of aromatic nitrogens is 2. The molecule has 1 aromatic rings. The maximum Gasteiger partial charge on any atom is 0.135 e. The van der Waals surface area contributed by atoms with Crippen molar-refractivity contribution >= 4 is 28.4 Å². The van der Waals surface area contributed by atoms with Gasteiger partial charge in [0, 0.05) is 6.54 Å². The van der Waals surface area contributed by atoms with Crippen LogP contribution in [0.4, 0.5) is 5.82 Å². The van der Waals surface area contributed by atoms with Crippen molar-refractivity contribution in [2.75, 3.05) is 5.73 Å². The number of nitrogens with two attached hydrogens (primary N) is 1. The summed E-state index contributed by atoms with van der Waals surface area (Å²) in [5.74, 6) is 1.63. The summed E-state index contributed by atoms with van der Waals surface area (Å²) < 4.78 is 3.12. The number of nitrogens with zero attached hydrogens (tertiary/aromatic N) is 2. The molecule has 2 rings (SSSR count). The molecule has 0 aromatic carbocycles. The predicted molar refractivity (Wildman–Crippen MR) is 75.3 cm³/mol. The largest absolute Gasteiger partial charge is 0.383 e. The normalized spacial score (nSPS) is 18.6. The molecule has 1 aliphatic rings. The van der Waals surface area contributed by atoms with Crippen LogP contribution in [0.1, 0.15) is 44.2 Å². The molecule has 0 atom stereocenters. The summed E-state index contributed by atoms with van der Waals surface area (Å²) >= 11 is 2.28. The van der Waals surface area contributed by atoms with Gasteiger partial charge < -0.3 is 5.73 Å². The highest BCUT2D eigenvalue weighted by atomic mass is 127. The lowest BCUT2D eigenvalue weighted by Gasteiger charge is -2.14. The molecule has 0 unspecified atom stereocenters. The average Bonchev–Trinajstić information content (AvgIpc) is 2.53. The summed E-state index contributed by atoms with van der Waals surface area (Å²) in [7, 11) is 0. The molecule has 4 heteroatoms. The summed E-state index contributed by atoms with van der Waals surface area (Å²) in [6, 6.07) is 0. The zero-order chi connectivity index (χ0) is 11.5. The number of hydrogen-bond donors (Lipinski definition) is 1. The highest BCUT2D eigenvalue weighted by Crippen LogP contribution is 2.26. The molecule has 0 bridgehead atoms. The molecule has 0 aliphatic heterocycles. The van der Waals surface area contributed by atoms with Crippen LogP contribution in [-0.4, -0.2) is 9.78 Å². The SMILES string of the molecule is Cc1nn(CC2CCCCCC2)c(N)c1I. The van der Waals surface area contributed by atoms with Gasteiger partial charge in [-0.15, -0.1) is 0 Å². The lowest BCUT2D eigenvalue weighted by Crippen LogP contribution is -2.13. The number of anilines is 1. The predicted octanol–water partition coefficient (Wildman–Crippen LogP) is 3.35. The molecule has 0 saturated heterocycles. The minimum Gasteiger partial charge on any atom is -0.383 e. The van der Waals surface area contributed by atoms with Crippen molar-refractivity contribution in [3.05, 3.63) is 9.26 Å². The van der Waals surface area contributed by atoms with Crippen LogP contribution in [0.2, 0.25) is 0 Å². The molecule has 1 heterocycles. The standard InChI is InChI=1S/C12H20IN3/c1-9-11(13)12(14)16(15-9)8-10-6-4-2-3-5-7-10/h10H,2-8,14H2,1H3. The van der Waals surface area contributed by atoms with E-state index in [9.17, 15) is 0 Å². The molecule has 16 heavy (non-hydrogen) atoms. The molecule has 1 fully saturated rings. The Morgan fingerprint density at radius 2 is 1.94 bits per heavy atom. The van der Waals surface area contributed by atoms with Crippen LogP contribution in [0.15, 0.2) is 0 Å². The summed E-state index contributed by atoms with van der Waals surface area (Å²) in [6.45, 7) is 3.04. The van der Waals surface area contributed by atoms with Gasteiger partial charge in [0.25, 0.3) is 0 Å². The van der Waals surface area contributed by atoms with Crippen LogP contribution in [0.5, 0.6) is 0 Å². The second-order valence-corrected chi connectivity index (χ2v) is 5.90. The molecular formula is C12H20IN3. The molecule has 1 saturated carbocycles. The Hall–Kier alpha value is -0.260. The average molecular weight is 333 g/mol. The highest BCUT2D eigenvalue weighted by molar-refractivity contribution is 14.1. The van der Waals surface area contributed by atoms with Crippen LogP contribution in [0.25, 0.3) is 0 Å². The van der Waals surface area contributed by atoms with Crippen molar-refractivity contribution in [3.8, 4) is 0 Å². The van der Waals surface area contributed by atoms with Crippen LogP contribution >= 0.6 is 22.6 Å². The number of hydrogen-bond acceptors (Lipinski definition) is 2. The fourth-order valence-electron chi connectivity index (χ4n) is 2.51. The van der Waals surface area contributed by atoms with Gasteiger partial charge in [-0.3, -0.25) is 0 Å². The van der Waals surface area contributed by atoms with Crippen molar-refractivity contribution in [2.45, 2.75) is 52.0 Å². The third kappa shape index (κ3) is 2.70. The maximum atomic E-state index is 6.05. The summed E-state index contributed by atoms with van der Waals surface area (Å²) in [5.41, 5.74) is 7.11. The first-order valence-electron chi connectivity index (χ1n) is 6.17. The van der Waals surface area contributed by atoms with Gasteiger partial charge in [-0.25, -0.2) is 4.68 Å². The van der Waals surface area contributed by atoms with Crippen LogP contribution in [0, 0.1) is 16.4 Å². The molecule has 3 nitrogen and oxygen atoms in total. The molecule has 0 amide bonds. The smallest absolute Gasteiger partial charge is 0.135 e. The number of nitrogen functional groups attached to an aromatic ring is 1. The Bertz CT molecular complexity index is 351. The van der Waals surface area contributed by atoms with E-state index in [2.05, 4.69) is 27.7 Å². The fraction of sp³-hybridized carbons (Fsp3) is 0.750. The lowest BCUT2D eigenvalue weighted by molar-refractivity contribution is 0.378. The maximum absolute atomic E-state index is 6.05. The van der Waals surface area contributed by atoms with Crippen molar-refractivity contribution in [2.24, 2.45) is 5.92 Å². The zero-order valence-corrected chi connectivity index (χ0v) is 12.0. The van der Waals surface area contributed by atoms with Crippen molar-refractivity contribution in [1.82, 2.24) is 9.78 Å². The second-order valence-electron chi connectivity index (χ2n) is 4.82. The first kappa shape index (κ1) is 12.2. The quantitative estimate of drug-likeness (QED) is 0.666. The first-order valence-corrected chi connectivity index (χ1v) is 7.24. The Labute approximate surface area is 111 Å². The van der Waals surface area contributed by atoms with E-state index in [-0.39, 0.29) is 0 Å². The molecular weight excluding hydrogens is 313 g/mol. The van der Waals surface area contributed by atoms with Crippen molar-refractivity contribution < 1.29 is 0 Å². The Morgan fingerprint density at radius 1 is 1.31 bits per heavy atom. The Balaban J connectivity index is 2.04. The van der Waals surface area contributed by atoms with Gasteiger partial charge in [-0.05, 0) is 48.3 Å². The fourth-order valence-corrected chi connectivity index (χ4v) is 2.89. The molecule has 2 N–H and O–H groups in total. The van der Waals surface area contributed by atoms with Gasteiger partial charge in [0.1, 0.15) is 5.82 Å². The van der Waals surface area contributed by atoms with Gasteiger partial charge in [0.05, 0.1) is 9.26 Å². The first-order chi connectivity index (χ1) is 7.68. The van der Waals surface area contributed by atoms with E-state index < -0.39 is 0 Å². The van der Waals surface area contributed by atoms with Crippen LogP contribution in [-0.2, 0) is 6.54 Å². The van der Waals surface area contributed by atoms with Gasteiger partial charge in [-0.2, -0.15) is 5.10 Å². The van der Waals surface area contributed by atoms with Gasteiger partial charge >= 0.3 is 0 Å². The van der Waals surface area contributed by atoms with E-state index in [0.717, 1.165) is 27.5 Å². The molecule has 90 valence electrons. The van der Waals surface area contributed by atoms with E-state index >= 15 is 0 Å². The summed E-state index contributed by atoms with van der Waals surface area (Å²) in [6.07, 6.45) is 8.25. The Kier molecular flexibility index (Phi) is 4.10. The third-order valence-electron chi connectivity index (χ3n) is 3.50. The van der Waals surface area contributed by atoms with Crippen LogP contribution in [0.3, 0.4) is 0 Å². The minimum absolute atomic E-state index is 0.778. The minimum atomic E-state index is 0.778. The summed E-state index contributed by atoms with van der Waals surface area (Å²) in [4.78, 5) is 0. The molecule has 1 aliphatic carbocycles.